The number of carbonyl (C=O) groups is 2. The number of rotatable bonds is 4. The molecule has 0 spiro atoms. The van der Waals surface area contributed by atoms with E-state index >= 15 is 0 Å². The summed E-state index contributed by atoms with van der Waals surface area (Å²) in [7, 11) is 0. The van der Waals surface area contributed by atoms with Crippen molar-refractivity contribution in [2.75, 3.05) is 10.6 Å². The van der Waals surface area contributed by atoms with Crippen molar-refractivity contribution in [1.29, 1.82) is 0 Å². The van der Waals surface area contributed by atoms with Crippen LogP contribution in [0.3, 0.4) is 0 Å². The molecular weight excluding hydrogens is 336 g/mol. The Balaban J connectivity index is 1.57. The average molecular weight is 364 g/mol. The Kier molecular flexibility index (Phi) is 5.09. The molecule has 2 aromatic carbocycles. The fourth-order valence-corrected chi connectivity index (χ4v) is 3.17. The third-order valence-electron chi connectivity index (χ3n) is 5.34. The number of benzene rings is 2. The van der Waals surface area contributed by atoms with Crippen LogP contribution in [0.25, 0.3) is 0 Å². The first-order valence-corrected chi connectivity index (χ1v) is 9.45. The number of anilines is 2. The smallest absolute Gasteiger partial charge is 0.228 e. The molecule has 2 N–H and O–H groups in total. The van der Waals surface area contributed by atoms with Crippen molar-refractivity contribution < 1.29 is 9.59 Å². The fourth-order valence-electron chi connectivity index (χ4n) is 3.17. The van der Waals surface area contributed by atoms with Crippen LogP contribution in [0.5, 0.6) is 0 Å². The van der Waals surface area contributed by atoms with E-state index in [1.165, 1.54) is 5.56 Å². The van der Waals surface area contributed by atoms with Gasteiger partial charge in [-0.1, -0.05) is 45.0 Å². The SMILES string of the molecule is Cc1cccc(NC(=O)C2CC2C(=O)Nc2ccc(C(C)(C)C)cc2)c1C. The van der Waals surface area contributed by atoms with Crippen LogP contribution in [0.15, 0.2) is 42.5 Å². The fraction of sp³-hybridized carbons (Fsp3) is 0.391. The lowest BCUT2D eigenvalue weighted by atomic mass is 9.87. The van der Waals surface area contributed by atoms with Crippen molar-refractivity contribution in [2.45, 2.75) is 46.5 Å². The predicted octanol–water partition coefficient (Wildman–Crippen LogP) is 4.81. The van der Waals surface area contributed by atoms with Crippen LogP contribution in [0.2, 0.25) is 0 Å². The molecule has 0 bridgehead atoms. The zero-order valence-corrected chi connectivity index (χ0v) is 16.7. The lowest BCUT2D eigenvalue weighted by Crippen LogP contribution is -2.21. The van der Waals surface area contributed by atoms with Gasteiger partial charge < -0.3 is 10.6 Å². The van der Waals surface area contributed by atoms with E-state index in [9.17, 15) is 9.59 Å². The van der Waals surface area contributed by atoms with Gasteiger partial charge in [0, 0.05) is 11.4 Å². The molecule has 0 radical (unpaired) electrons. The van der Waals surface area contributed by atoms with Gasteiger partial charge in [0.25, 0.3) is 0 Å². The molecule has 1 aliphatic carbocycles. The molecule has 1 aliphatic rings. The van der Waals surface area contributed by atoms with Gasteiger partial charge in [-0.3, -0.25) is 9.59 Å². The first-order chi connectivity index (χ1) is 12.7. The van der Waals surface area contributed by atoms with Crippen LogP contribution in [-0.2, 0) is 15.0 Å². The summed E-state index contributed by atoms with van der Waals surface area (Å²) in [5.41, 5.74) is 5.09. The minimum atomic E-state index is -0.252. The molecule has 0 saturated heterocycles. The van der Waals surface area contributed by atoms with Crippen LogP contribution >= 0.6 is 0 Å². The van der Waals surface area contributed by atoms with Crippen molar-refractivity contribution in [2.24, 2.45) is 11.8 Å². The van der Waals surface area contributed by atoms with E-state index in [0.717, 1.165) is 22.5 Å². The highest BCUT2D eigenvalue weighted by molar-refractivity contribution is 6.03. The minimum Gasteiger partial charge on any atom is -0.326 e. The van der Waals surface area contributed by atoms with Gasteiger partial charge in [-0.15, -0.1) is 0 Å². The summed E-state index contributed by atoms with van der Waals surface area (Å²) >= 11 is 0. The Morgan fingerprint density at radius 1 is 0.889 bits per heavy atom. The zero-order chi connectivity index (χ0) is 19.8. The van der Waals surface area contributed by atoms with Crippen molar-refractivity contribution >= 4 is 23.2 Å². The van der Waals surface area contributed by atoms with Crippen LogP contribution in [0.1, 0.15) is 43.9 Å². The Morgan fingerprint density at radius 3 is 2.07 bits per heavy atom. The van der Waals surface area contributed by atoms with Gasteiger partial charge in [-0.05, 0) is 60.6 Å². The maximum atomic E-state index is 12.5. The molecule has 0 heterocycles. The second-order valence-corrected chi connectivity index (χ2v) is 8.50. The lowest BCUT2D eigenvalue weighted by molar-refractivity contribution is -0.122. The van der Waals surface area contributed by atoms with Crippen LogP contribution in [0, 0.1) is 25.7 Å². The second kappa shape index (κ2) is 7.18. The quantitative estimate of drug-likeness (QED) is 0.817. The first kappa shape index (κ1) is 19.2. The highest BCUT2D eigenvalue weighted by Gasteiger charge is 2.48. The zero-order valence-electron chi connectivity index (χ0n) is 16.7. The van der Waals surface area contributed by atoms with Crippen molar-refractivity contribution in [1.82, 2.24) is 0 Å². The Bertz CT molecular complexity index is 863. The van der Waals surface area contributed by atoms with Gasteiger partial charge in [0.15, 0.2) is 0 Å². The molecule has 3 rings (SSSR count). The van der Waals surface area contributed by atoms with E-state index in [2.05, 4.69) is 31.4 Å². The van der Waals surface area contributed by atoms with Gasteiger partial charge in [-0.2, -0.15) is 0 Å². The third-order valence-corrected chi connectivity index (χ3v) is 5.34. The number of hydrogen-bond acceptors (Lipinski definition) is 2. The molecule has 142 valence electrons. The Labute approximate surface area is 161 Å². The van der Waals surface area contributed by atoms with E-state index in [-0.39, 0.29) is 29.1 Å². The van der Waals surface area contributed by atoms with E-state index in [1.807, 2.05) is 56.3 Å². The molecule has 27 heavy (non-hydrogen) atoms. The molecule has 2 atom stereocenters. The molecule has 4 nitrogen and oxygen atoms in total. The van der Waals surface area contributed by atoms with Gasteiger partial charge >= 0.3 is 0 Å². The van der Waals surface area contributed by atoms with E-state index < -0.39 is 0 Å². The van der Waals surface area contributed by atoms with Crippen molar-refractivity contribution in [3.63, 3.8) is 0 Å². The third kappa shape index (κ3) is 4.38. The molecular formula is C23H28N2O2. The minimum absolute atomic E-state index is 0.0769. The van der Waals surface area contributed by atoms with Crippen LogP contribution < -0.4 is 10.6 Å². The van der Waals surface area contributed by atoms with Gasteiger partial charge in [0.1, 0.15) is 0 Å². The summed E-state index contributed by atoms with van der Waals surface area (Å²) < 4.78 is 0. The molecule has 1 fully saturated rings. The molecule has 2 amide bonds. The van der Waals surface area contributed by atoms with Gasteiger partial charge in [0.05, 0.1) is 11.8 Å². The summed E-state index contributed by atoms with van der Waals surface area (Å²) in [6.07, 6.45) is 0.600. The van der Waals surface area contributed by atoms with E-state index in [1.54, 1.807) is 0 Å². The number of amides is 2. The number of aryl methyl sites for hydroxylation is 1. The topological polar surface area (TPSA) is 58.2 Å². The van der Waals surface area contributed by atoms with E-state index in [4.69, 9.17) is 0 Å². The standard InChI is InChI=1S/C23H28N2O2/c1-14-7-6-8-20(15(14)2)25-22(27)19-13-18(19)21(26)24-17-11-9-16(10-12-17)23(3,4)5/h6-12,18-19H,13H2,1-5H3,(H,24,26)(H,25,27). The molecule has 2 unspecified atom stereocenters. The normalized spacial score (nSPS) is 18.7. The summed E-state index contributed by atoms with van der Waals surface area (Å²) in [5.74, 6) is -0.664. The maximum Gasteiger partial charge on any atom is 0.228 e. The molecule has 2 aromatic rings. The number of hydrogen-bond donors (Lipinski definition) is 2. The predicted molar refractivity (Wildman–Crippen MR) is 110 cm³/mol. The monoisotopic (exact) mass is 364 g/mol. The molecule has 4 heteroatoms. The van der Waals surface area contributed by atoms with Crippen LogP contribution in [-0.4, -0.2) is 11.8 Å². The lowest BCUT2D eigenvalue weighted by Gasteiger charge is -2.19. The number of carbonyl (C=O) groups excluding carboxylic acids is 2. The Hall–Kier alpha value is -2.62. The molecule has 1 saturated carbocycles. The second-order valence-electron chi connectivity index (χ2n) is 8.50. The largest absolute Gasteiger partial charge is 0.326 e. The highest BCUT2D eigenvalue weighted by atomic mass is 16.2. The highest BCUT2D eigenvalue weighted by Crippen LogP contribution is 2.40. The van der Waals surface area contributed by atoms with E-state index in [0.29, 0.717) is 6.42 Å². The van der Waals surface area contributed by atoms with Crippen molar-refractivity contribution in [3.05, 3.63) is 59.2 Å². The molecule has 0 aromatic heterocycles. The summed E-state index contributed by atoms with van der Waals surface area (Å²) in [6, 6.07) is 13.8. The first-order valence-electron chi connectivity index (χ1n) is 9.45. The summed E-state index contributed by atoms with van der Waals surface area (Å²) in [6.45, 7) is 10.5. The number of nitrogens with one attached hydrogen (secondary N) is 2. The van der Waals surface area contributed by atoms with Gasteiger partial charge in [0.2, 0.25) is 11.8 Å². The summed E-state index contributed by atoms with van der Waals surface area (Å²) in [5, 5.41) is 5.90. The maximum absolute atomic E-state index is 12.5. The van der Waals surface area contributed by atoms with Crippen molar-refractivity contribution in [3.8, 4) is 0 Å². The average Bonchev–Trinajstić information content (AvgIpc) is 3.39. The Morgan fingerprint density at radius 2 is 1.48 bits per heavy atom. The summed E-state index contributed by atoms with van der Waals surface area (Å²) in [4.78, 5) is 24.9. The molecule has 0 aliphatic heterocycles. The van der Waals surface area contributed by atoms with Gasteiger partial charge in [-0.25, -0.2) is 0 Å². The van der Waals surface area contributed by atoms with Crippen LogP contribution in [0.4, 0.5) is 11.4 Å².